The maximum absolute atomic E-state index is 3.36. The molecule has 1 aliphatic rings. The molecule has 1 saturated heterocycles. The Labute approximate surface area is 105 Å². The zero-order valence-electron chi connectivity index (χ0n) is 11.2. The fraction of sp³-hybridized carbons (Fsp3) is 0.600. The molecule has 1 fully saturated rings. The summed E-state index contributed by atoms with van der Waals surface area (Å²) in [5.41, 5.74) is 2.71. The van der Waals surface area contributed by atoms with Gasteiger partial charge < -0.3 is 10.2 Å². The number of rotatable bonds is 5. The minimum absolute atomic E-state index is 0.775. The molecular formula is C15H24N2. The fourth-order valence-corrected chi connectivity index (χ4v) is 2.45. The highest BCUT2D eigenvalue weighted by Crippen LogP contribution is 2.21. The Morgan fingerprint density at radius 1 is 1.41 bits per heavy atom. The van der Waals surface area contributed by atoms with E-state index < -0.39 is 0 Å². The molecule has 0 bridgehead atoms. The lowest BCUT2D eigenvalue weighted by Gasteiger charge is -2.36. The predicted molar refractivity (Wildman–Crippen MR) is 74.6 cm³/mol. The summed E-state index contributed by atoms with van der Waals surface area (Å²) < 4.78 is 0. The monoisotopic (exact) mass is 232 g/mol. The fourth-order valence-electron chi connectivity index (χ4n) is 2.45. The van der Waals surface area contributed by atoms with E-state index in [9.17, 15) is 0 Å². The topological polar surface area (TPSA) is 15.3 Å². The molecule has 17 heavy (non-hydrogen) atoms. The van der Waals surface area contributed by atoms with Crippen LogP contribution in [0.4, 0.5) is 5.69 Å². The van der Waals surface area contributed by atoms with Gasteiger partial charge in [0.25, 0.3) is 0 Å². The van der Waals surface area contributed by atoms with Gasteiger partial charge in [-0.15, -0.1) is 0 Å². The van der Waals surface area contributed by atoms with Gasteiger partial charge in [0.2, 0.25) is 0 Å². The molecule has 0 aromatic heterocycles. The zero-order valence-corrected chi connectivity index (χ0v) is 11.2. The molecule has 0 saturated carbocycles. The number of anilines is 1. The van der Waals surface area contributed by atoms with E-state index in [-0.39, 0.29) is 0 Å². The number of aryl methyl sites for hydroxylation is 1. The van der Waals surface area contributed by atoms with Crippen molar-refractivity contribution >= 4 is 5.69 Å². The smallest absolute Gasteiger partial charge is 0.0368 e. The van der Waals surface area contributed by atoms with E-state index in [0.29, 0.717) is 0 Å². The third-order valence-electron chi connectivity index (χ3n) is 3.87. The van der Waals surface area contributed by atoms with E-state index in [2.05, 4.69) is 55.3 Å². The molecule has 2 heteroatoms. The first-order valence-electron chi connectivity index (χ1n) is 6.73. The first-order chi connectivity index (χ1) is 8.20. The predicted octanol–water partition coefficient (Wildman–Crippen LogP) is 2.68. The van der Waals surface area contributed by atoms with Gasteiger partial charge in [0.15, 0.2) is 0 Å². The quantitative estimate of drug-likeness (QED) is 0.839. The highest BCUT2D eigenvalue weighted by atomic mass is 15.1. The molecule has 0 spiro atoms. The van der Waals surface area contributed by atoms with Crippen LogP contribution in [0.1, 0.15) is 19.4 Å². The summed E-state index contributed by atoms with van der Waals surface area (Å²) in [5, 5.41) is 3.36. The molecule has 1 aliphatic heterocycles. The number of nitrogens with zero attached hydrogens (tertiary/aromatic N) is 1. The van der Waals surface area contributed by atoms with Gasteiger partial charge in [-0.1, -0.05) is 19.1 Å². The molecule has 1 N–H and O–H groups in total. The lowest BCUT2D eigenvalue weighted by Crippen LogP contribution is -2.48. The van der Waals surface area contributed by atoms with Gasteiger partial charge in [0.05, 0.1) is 0 Å². The first kappa shape index (κ1) is 12.4. The van der Waals surface area contributed by atoms with E-state index >= 15 is 0 Å². The summed E-state index contributed by atoms with van der Waals surface area (Å²) in [6.45, 7) is 11.5. The van der Waals surface area contributed by atoms with Gasteiger partial charge in [-0.25, -0.2) is 0 Å². The normalized spacial score (nSPS) is 17.6. The van der Waals surface area contributed by atoms with Crippen LogP contribution in [0, 0.1) is 18.8 Å². The van der Waals surface area contributed by atoms with Crippen LogP contribution >= 0.6 is 0 Å². The lowest BCUT2D eigenvalue weighted by atomic mass is 9.88. The summed E-state index contributed by atoms with van der Waals surface area (Å²) >= 11 is 0. The first-order valence-corrected chi connectivity index (χ1v) is 6.73. The average Bonchev–Trinajstić information content (AvgIpc) is 2.23. The Morgan fingerprint density at radius 3 is 2.71 bits per heavy atom. The Bertz CT molecular complexity index is 358. The summed E-state index contributed by atoms with van der Waals surface area (Å²) in [5.74, 6) is 1.64. The van der Waals surface area contributed by atoms with Crippen LogP contribution in [-0.4, -0.2) is 26.2 Å². The van der Waals surface area contributed by atoms with E-state index in [4.69, 9.17) is 0 Å². The molecule has 0 radical (unpaired) electrons. The molecule has 1 unspecified atom stereocenters. The van der Waals surface area contributed by atoms with Crippen molar-refractivity contribution < 1.29 is 0 Å². The molecule has 2 rings (SSSR count). The second-order valence-electron chi connectivity index (χ2n) is 5.27. The van der Waals surface area contributed by atoms with Gasteiger partial charge in [-0.2, -0.15) is 0 Å². The van der Waals surface area contributed by atoms with Crippen molar-refractivity contribution in [2.75, 3.05) is 31.1 Å². The summed E-state index contributed by atoms with van der Waals surface area (Å²) in [7, 11) is 0. The third-order valence-corrected chi connectivity index (χ3v) is 3.87. The van der Waals surface area contributed by atoms with Gasteiger partial charge >= 0.3 is 0 Å². The van der Waals surface area contributed by atoms with Crippen molar-refractivity contribution in [3.05, 3.63) is 29.8 Å². The maximum Gasteiger partial charge on any atom is 0.0368 e. The van der Waals surface area contributed by atoms with E-state index in [1.165, 1.54) is 30.9 Å². The zero-order chi connectivity index (χ0) is 12.3. The summed E-state index contributed by atoms with van der Waals surface area (Å²) in [6, 6.07) is 8.83. The Kier molecular flexibility index (Phi) is 4.06. The molecule has 1 atom stereocenters. The van der Waals surface area contributed by atoms with Gasteiger partial charge in [0.1, 0.15) is 0 Å². The van der Waals surface area contributed by atoms with E-state index in [0.717, 1.165) is 18.4 Å². The lowest BCUT2D eigenvalue weighted by molar-refractivity contribution is 0.251. The summed E-state index contributed by atoms with van der Waals surface area (Å²) in [6.07, 6.45) is 0. The Balaban J connectivity index is 2.00. The van der Waals surface area contributed by atoms with Gasteiger partial charge in [-0.3, -0.25) is 0 Å². The number of nitrogens with one attached hydrogen (secondary N) is 1. The van der Waals surface area contributed by atoms with E-state index in [1.54, 1.807) is 0 Å². The van der Waals surface area contributed by atoms with Gasteiger partial charge in [-0.05, 0) is 56.5 Å². The number of hydrogen-bond acceptors (Lipinski definition) is 2. The highest BCUT2D eigenvalue weighted by molar-refractivity contribution is 5.48. The van der Waals surface area contributed by atoms with Crippen LogP contribution in [0.2, 0.25) is 0 Å². The van der Waals surface area contributed by atoms with Crippen molar-refractivity contribution in [1.82, 2.24) is 5.32 Å². The SMILES string of the molecule is CCN(CC(C)C1CNC1)c1cccc(C)c1. The molecule has 1 aromatic rings. The molecule has 1 aromatic carbocycles. The standard InChI is InChI=1S/C15H24N2/c1-4-17(11-13(3)14-9-16-10-14)15-7-5-6-12(2)8-15/h5-8,13-14,16H,4,9-11H2,1-3H3. The second-order valence-corrected chi connectivity index (χ2v) is 5.27. The number of hydrogen-bond donors (Lipinski definition) is 1. The number of benzene rings is 1. The maximum atomic E-state index is 3.36. The van der Waals surface area contributed by atoms with Crippen LogP contribution in [0.5, 0.6) is 0 Å². The minimum Gasteiger partial charge on any atom is -0.372 e. The summed E-state index contributed by atoms with van der Waals surface area (Å²) in [4.78, 5) is 2.50. The van der Waals surface area contributed by atoms with Gasteiger partial charge in [0, 0.05) is 18.8 Å². The molecule has 2 nitrogen and oxygen atoms in total. The minimum atomic E-state index is 0.775. The Hall–Kier alpha value is -1.02. The van der Waals surface area contributed by atoms with Crippen molar-refractivity contribution in [3.63, 3.8) is 0 Å². The third kappa shape index (κ3) is 3.01. The largest absolute Gasteiger partial charge is 0.372 e. The van der Waals surface area contributed by atoms with Crippen LogP contribution in [0.3, 0.4) is 0 Å². The van der Waals surface area contributed by atoms with E-state index in [1.807, 2.05) is 0 Å². The molecule has 0 aliphatic carbocycles. The Morgan fingerprint density at radius 2 is 2.18 bits per heavy atom. The molecule has 0 amide bonds. The van der Waals surface area contributed by atoms with Crippen molar-refractivity contribution in [3.8, 4) is 0 Å². The molecular weight excluding hydrogens is 208 g/mol. The molecule has 1 heterocycles. The average molecular weight is 232 g/mol. The van der Waals surface area contributed by atoms with Crippen molar-refractivity contribution in [2.45, 2.75) is 20.8 Å². The second kappa shape index (κ2) is 5.54. The van der Waals surface area contributed by atoms with Crippen molar-refractivity contribution in [2.24, 2.45) is 11.8 Å². The van der Waals surface area contributed by atoms with Crippen LogP contribution in [-0.2, 0) is 0 Å². The van der Waals surface area contributed by atoms with Crippen LogP contribution < -0.4 is 10.2 Å². The molecule has 94 valence electrons. The van der Waals surface area contributed by atoms with Crippen molar-refractivity contribution in [1.29, 1.82) is 0 Å². The highest BCUT2D eigenvalue weighted by Gasteiger charge is 2.24. The van der Waals surface area contributed by atoms with Crippen LogP contribution in [0.15, 0.2) is 24.3 Å². The van der Waals surface area contributed by atoms with Crippen LogP contribution in [0.25, 0.3) is 0 Å².